The van der Waals surface area contributed by atoms with Gasteiger partial charge in [-0.25, -0.2) is 4.98 Å². The Balaban J connectivity index is 1.75. The van der Waals surface area contributed by atoms with E-state index >= 15 is 0 Å². The van der Waals surface area contributed by atoms with E-state index in [2.05, 4.69) is 9.97 Å². The molecular formula is C19H16Cl3N3O2S. The number of hydrogen-bond acceptors (Lipinski definition) is 5. The number of thiazole rings is 1. The summed E-state index contributed by atoms with van der Waals surface area (Å²) in [5.41, 5.74) is 1.19. The third-order valence-corrected chi connectivity index (χ3v) is 5.39. The van der Waals surface area contributed by atoms with Gasteiger partial charge in [-0.15, -0.1) is 11.3 Å². The molecule has 0 aliphatic carbocycles. The number of amides is 1. The molecule has 0 fully saturated rings. The summed E-state index contributed by atoms with van der Waals surface area (Å²) in [6.45, 7) is 2.72. The van der Waals surface area contributed by atoms with Gasteiger partial charge in [0.15, 0.2) is 10.9 Å². The van der Waals surface area contributed by atoms with Gasteiger partial charge in [-0.2, -0.15) is 0 Å². The molecule has 9 heteroatoms. The maximum atomic E-state index is 12.8. The number of benzene rings is 1. The van der Waals surface area contributed by atoms with E-state index in [4.69, 9.17) is 39.5 Å². The van der Waals surface area contributed by atoms with Crippen LogP contribution >= 0.6 is 46.1 Å². The van der Waals surface area contributed by atoms with Crippen molar-refractivity contribution in [1.29, 1.82) is 0 Å². The topological polar surface area (TPSA) is 55.3 Å². The normalized spacial score (nSPS) is 10.7. The van der Waals surface area contributed by atoms with E-state index in [1.807, 2.05) is 12.3 Å². The molecule has 2 aromatic heterocycles. The highest BCUT2D eigenvalue weighted by atomic mass is 35.5. The average molecular weight is 457 g/mol. The van der Waals surface area contributed by atoms with E-state index in [-0.39, 0.29) is 12.5 Å². The number of carbonyl (C=O) groups is 1. The van der Waals surface area contributed by atoms with Crippen molar-refractivity contribution in [2.45, 2.75) is 20.0 Å². The first-order valence-electron chi connectivity index (χ1n) is 8.43. The number of nitrogens with zero attached hydrogens (tertiary/aromatic N) is 3. The molecule has 0 unspecified atom stereocenters. The van der Waals surface area contributed by atoms with Crippen LogP contribution in [0.25, 0.3) is 0 Å². The summed E-state index contributed by atoms with van der Waals surface area (Å²) in [5, 5.41) is 3.52. The fourth-order valence-electron chi connectivity index (χ4n) is 2.45. The first-order valence-corrected chi connectivity index (χ1v) is 10.4. The maximum Gasteiger partial charge on any atom is 0.261 e. The number of ether oxygens (including phenoxy) is 1. The second kappa shape index (κ2) is 9.56. The number of aromatic nitrogens is 2. The van der Waals surface area contributed by atoms with Gasteiger partial charge in [-0.1, -0.05) is 41.7 Å². The number of halogens is 3. The van der Waals surface area contributed by atoms with Gasteiger partial charge >= 0.3 is 0 Å². The first kappa shape index (κ1) is 20.9. The minimum absolute atomic E-state index is 0.138. The van der Waals surface area contributed by atoms with Crippen molar-refractivity contribution in [3.05, 3.63) is 68.4 Å². The van der Waals surface area contributed by atoms with Crippen LogP contribution in [0.2, 0.25) is 15.1 Å². The SMILES string of the molecule is CCCN(C(=O)c1cccnc1)c1nc(COc2c(Cl)cc(Cl)cc2Cl)cs1. The highest BCUT2D eigenvalue weighted by Crippen LogP contribution is 2.36. The molecule has 0 N–H and O–H groups in total. The lowest BCUT2D eigenvalue weighted by atomic mass is 10.2. The van der Waals surface area contributed by atoms with Gasteiger partial charge in [-0.3, -0.25) is 14.7 Å². The molecule has 1 amide bonds. The van der Waals surface area contributed by atoms with Crippen LogP contribution in [0, 0.1) is 0 Å². The molecule has 5 nitrogen and oxygen atoms in total. The maximum absolute atomic E-state index is 12.8. The lowest BCUT2D eigenvalue weighted by molar-refractivity contribution is 0.0986. The molecule has 0 saturated carbocycles. The van der Waals surface area contributed by atoms with E-state index in [1.165, 1.54) is 11.3 Å². The predicted octanol–water partition coefficient (Wildman–Crippen LogP) is 6.13. The Bertz CT molecular complexity index is 943. The van der Waals surface area contributed by atoms with Gasteiger partial charge < -0.3 is 4.74 Å². The molecule has 0 radical (unpaired) electrons. The Labute approximate surface area is 181 Å². The van der Waals surface area contributed by atoms with Crippen molar-refractivity contribution in [3.8, 4) is 5.75 Å². The summed E-state index contributed by atoms with van der Waals surface area (Å²) < 4.78 is 5.71. The largest absolute Gasteiger partial charge is 0.484 e. The van der Waals surface area contributed by atoms with Crippen molar-refractivity contribution in [3.63, 3.8) is 0 Å². The Kier molecular flexibility index (Phi) is 7.13. The van der Waals surface area contributed by atoms with Gasteiger partial charge in [0.25, 0.3) is 5.91 Å². The molecule has 3 aromatic rings. The molecule has 0 aliphatic rings. The van der Waals surface area contributed by atoms with Crippen molar-refractivity contribution in [2.75, 3.05) is 11.4 Å². The van der Waals surface area contributed by atoms with Crippen molar-refractivity contribution < 1.29 is 9.53 Å². The summed E-state index contributed by atoms with van der Waals surface area (Å²) in [4.78, 5) is 23.0. The van der Waals surface area contributed by atoms with Crippen LogP contribution in [-0.4, -0.2) is 22.4 Å². The van der Waals surface area contributed by atoms with Crippen LogP contribution in [0.1, 0.15) is 29.4 Å². The number of rotatable bonds is 7. The highest BCUT2D eigenvalue weighted by Gasteiger charge is 2.20. The van der Waals surface area contributed by atoms with Gasteiger partial charge in [0.2, 0.25) is 0 Å². The molecule has 0 spiro atoms. The first-order chi connectivity index (χ1) is 13.5. The van der Waals surface area contributed by atoms with Gasteiger partial charge in [0.05, 0.1) is 21.3 Å². The number of hydrogen-bond donors (Lipinski definition) is 0. The quantitative estimate of drug-likeness (QED) is 0.429. The molecule has 1 aromatic carbocycles. The summed E-state index contributed by atoms with van der Waals surface area (Å²) in [7, 11) is 0. The van der Waals surface area contributed by atoms with Crippen LogP contribution in [0.5, 0.6) is 5.75 Å². The van der Waals surface area contributed by atoms with Crippen LogP contribution in [0.15, 0.2) is 42.0 Å². The molecule has 3 rings (SSSR count). The van der Waals surface area contributed by atoms with Gasteiger partial charge in [0, 0.05) is 29.3 Å². The van der Waals surface area contributed by atoms with Crippen molar-refractivity contribution in [2.24, 2.45) is 0 Å². The molecule has 0 bridgehead atoms. The molecular weight excluding hydrogens is 441 g/mol. The van der Waals surface area contributed by atoms with E-state index in [1.54, 1.807) is 41.6 Å². The zero-order valence-corrected chi connectivity index (χ0v) is 17.9. The van der Waals surface area contributed by atoms with E-state index in [0.29, 0.717) is 43.8 Å². The zero-order valence-electron chi connectivity index (χ0n) is 14.9. The van der Waals surface area contributed by atoms with E-state index in [0.717, 1.165) is 6.42 Å². The molecule has 146 valence electrons. The average Bonchev–Trinajstić information content (AvgIpc) is 3.14. The minimum Gasteiger partial charge on any atom is -0.484 e. The second-order valence-electron chi connectivity index (χ2n) is 5.81. The van der Waals surface area contributed by atoms with E-state index in [9.17, 15) is 4.79 Å². The number of carbonyl (C=O) groups excluding carboxylic acids is 1. The molecule has 0 saturated heterocycles. The van der Waals surface area contributed by atoms with Crippen LogP contribution in [0.4, 0.5) is 5.13 Å². The van der Waals surface area contributed by atoms with Crippen molar-refractivity contribution >= 4 is 57.2 Å². The Morgan fingerprint density at radius 1 is 1.25 bits per heavy atom. The smallest absolute Gasteiger partial charge is 0.261 e. The van der Waals surface area contributed by atoms with Crippen LogP contribution < -0.4 is 9.64 Å². The standard InChI is InChI=1S/C19H16Cl3N3O2S/c1-2-6-25(18(26)12-4-3-5-23-9-12)19-24-14(11-28-19)10-27-17-15(21)7-13(20)8-16(17)22/h3-5,7-9,11H,2,6,10H2,1H3. The second-order valence-corrected chi connectivity index (χ2v) is 7.89. The summed E-state index contributed by atoms with van der Waals surface area (Å²) in [5.74, 6) is 0.208. The molecule has 0 aliphatic heterocycles. The number of pyridine rings is 1. The molecule has 28 heavy (non-hydrogen) atoms. The molecule has 2 heterocycles. The van der Waals surface area contributed by atoms with Crippen molar-refractivity contribution in [1.82, 2.24) is 9.97 Å². The zero-order chi connectivity index (χ0) is 20.1. The summed E-state index contributed by atoms with van der Waals surface area (Å²) >= 11 is 19.6. The monoisotopic (exact) mass is 455 g/mol. The van der Waals surface area contributed by atoms with E-state index < -0.39 is 0 Å². The fourth-order valence-corrected chi connectivity index (χ4v) is 4.21. The van der Waals surface area contributed by atoms with Gasteiger partial charge in [0.1, 0.15) is 6.61 Å². The van der Waals surface area contributed by atoms with Crippen LogP contribution in [-0.2, 0) is 6.61 Å². The third-order valence-electron chi connectivity index (χ3n) is 3.70. The lowest BCUT2D eigenvalue weighted by Gasteiger charge is -2.18. The third kappa shape index (κ3) is 4.94. The minimum atomic E-state index is -0.138. The Morgan fingerprint density at radius 3 is 2.64 bits per heavy atom. The summed E-state index contributed by atoms with van der Waals surface area (Å²) in [6, 6.07) is 6.59. The van der Waals surface area contributed by atoms with Gasteiger partial charge in [-0.05, 0) is 30.7 Å². The fraction of sp³-hybridized carbons (Fsp3) is 0.211. The predicted molar refractivity (Wildman–Crippen MR) is 114 cm³/mol. The van der Waals surface area contributed by atoms with Crippen LogP contribution in [0.3, 0.4) is 0 Å². The molecule has 0 atom stereocenters. The highest BCUT2D eigenvalue weighted by molar-refractivity contribution is 7.14. The lowest BCUT2D eigenvalue weighted by Crippen LogP contribution is -2.31. The Hall–Kier alpha value is -1.86. The number of anilines is 1. The summed E-state index contributed by atoms with van der Waals surface area (Å²) in [6.07, 6.45) is 3.98. The Morgan fingerprint density at radius 2 is 2.00 bits per heavy atom.